The zero-order valence-corrected chi connectivity index (χ0v) is 15.5. The van der Waals surface area contributed by atoms with Crippen LogP contribution in [0.5, 0.6) is 0 Å². The van der Waals surface area contributed by atoms with Crippen molar-refractivity contribution in [1.29, 1.82) is 0 Å². The molecule has 2 aromatic carbocycles. The van der Waals surface area contributed by atoms with Crippen molar-refractivity contribution in [3.63, 3.8) is 0 Å². The van der Waals surface area contributed by atoms with Crippen LogP contribution >= 0.6 is 12.2 Å². The minimum atomic E-state index is 0.828. The standard InChI is InChI=1S/C21H26N2S/c1-3-4-7-17-10-11-20(16(2)14-17)22-21(24)23-13-12-18-8-5-6-9-19(18)15-23/h5-6,8-11,14H,3-4,7,12-13,15H2,1-2H3,(H,22,24). The van der Waals surface area contributed by atoms with Crippen LogP contribution in [0.3, 0.4) is 0 Å². The lowest BCUT2D eigenvalue weighted by atomic mass is 10.0. The Morgan fingerprint density at radius 3 is 2.71 bits per heavy atom. The maximum absolute atomic E-state index is 5.66. The summed E-state index contributed by atoms with van der Waals surface area (Å²) < 4.78 is 0. The minimum absolute atomic E-state index is 0.828. The van der Waals surface area contributed by atoms with Gasteiger partial charge in [0.1, 0.15) is 0 Å². The van der Waals surface area contributed by atoms with E-state index in [0.717, 1.165) is 36.7 Å². The molecule has 126 valence electrons. The van der Waals surface area contributed by atoms with Crippen LogP contribution in [-0.2, 0) is 19.4 Å². The highest BCUT2D eigenvalue weighted by molar-refractivity contribution is 7.80. The van der Waals surface area contributed by atoms with Crippen molar-refractivity contribution in [2.45, 2.75) is 46.1 Å². The van der Waals surface area contributed by atoms with Crippen molar-refractivity contribution < 1.29 is 0 Å². The van der Waals surface area contributed by atoms with Gasteiger partial charge in [-0.15, -0.1) is 0 Å². The van der Waals surface area contributed by atoms with Gasteiger partial charge in [-0.1, -0.05) is 49.7 Å². The molecule has 2 aromatic rings. The maximum Gasteiger partial charge on any atom is 0.173 e. The lowest BCUT2D eigenvalue weighted by molar-refractivity contribution is 0.399. The molecular weight excluding hydrogens is 312 g/mol. The third-order valence-corrected chi connectivity index (χ3v) is 5.13. The van der Waals surface area contributed by atoms with Gasteiger partial charge < -0.3 is 10.2 Å². The van der Waals surface area contributed by atoms with Gasteiger partial charge in [0.25, 0.3) is 0 Å². The van der Waals surface area contributed by atoms with Gasteiger partial charge in [-0.3, -0.25) is 0 Å². The number of aryl methyl sites for hydroxylation is 2. The van der Waals surface area contributed by atoms with Gasteiger partial charge in [0, 0.05) is 18.8 Å². The third kappa shape index (κ3) is 3.96. The molecule has 3 heteroatoms. The smallest absolute Gasteiger partial charge is 0.173 e. The first kappa shape index (κ1) is 17.0. The number of benzene rings is 2. The van der Waals surface area contributed by atoms with Crippen molar-refractivity contribution in [2.24, 2.45) is 0 Å². The summed E-state index contributed by atoms with van der Waals surface area (Å²) in [5.74, 6) is 0. The molecule has 1 aliphatic rings. The third-order valence-electron chi connectivity index (χ3n) is 4.77. The van der Waals surface area contributed by atoms with Crippen LogP contribution in [0.2, 0.25) is 0 Å². The van der Waals surface area contributed by atoms with Crippen LogP contribution in [-0.4, -0.2) is 16.6 Å². The van der Waals surface area contributed by atoms with Gasteiger partial charge in [-0.05, 0) is 66.7 Å². The van der Waals surface area contributed by atoms with E-state index < -0.39 is 0 Å². The average molecular weight is 339 g/mol. The first-order valence-electron chi connectivity index (χ1n) is 8.89. The number of fused-ring (bicyclic) bond motifs is 1. The summed E-state index contributed by atoms with van der Waals surface area (Å²) in [6, 6.07) is 15.3. The number of unbranched alkanes of at least 4 members (excludes halogenated alkanes) is 1. The number of rotatable bonds is 4. The second kappa shape index (κ2) is 7.80. The van der Waals surface area contributed by atoms with E-state index in [1.54, 1.807) is 0 Å². The average Bonchev–Trinajstić information content (AvgIpc) is 2.61. The predicted molar refractivity (Wildman–Crippen MR) is 107 cm³/mol. The fraction of sp³-hybridized carbons (Fsp3) is 0.381. The van der Waals surface area contributed by atoms with E-state index in [9.17, 15) is 0 Å². The molecule has 1 N–H and O–H groups in total. The maximum atomic E-state index is 5.66. The van der Waals surface area contributed by atoms with E-state index in [-0.39, 0.29) is 0 Å². The van der Waals surface area contributed by atoms with Gasteiger partial charge >= 0.3 is 0 Å². The molecule has 0 bridgehead atoms. The summed E-state index contributed by atoms with van der Waals surface area (Å²) in [4.78, 5) is 2.27. The van der Waals surface area contributed by atoms with Crippen molar-refractivity contribution in [3.8, 4) is 0 Å². The van der Waals surface area contributed by atoms with E-state index in [0.29, 0.717) is 0 Å². The monoisotopic (exact) mass is 338 g/mol. The molecule has 0 amide bonds. The highest BCUT2D eigenvalue weighted by atomic mass is 32.1. The molecular formula is C21H26N2S. The van der Waals surface area contributed by atoms with Crippen molar-refractivity contribution in [2.75, 3.05) is 11.9 Å². The van der Waals surface area contributed by atoms with Gasteiger partial charge in [-0.2, -0.15) is 0 Å². The number of thiocarbonyl (C=S) groups is 1. The Bertz CT molecular complexity index is 724. The molecule has 0 saturated carbocycles. The highest BCUT2D eigenvalue weighted by Crippen LogP contribution is 2.22. The minimum Gasteiger partial charge on any atom is -0.344 e. The lowest BCUT2D eigenvalue weighted by Gasteiger charge is -2.31. The zero-order valence-electron chi connectivity index (χ0n) is 14.6. The second-order valence-electron chi connectivity index (χ2n) is 6.62. The fourth-order valence-electron chi connectivity index (χ4n) is 3.27. The van der Waals surface area contributed by atoms with E-state index in [1.165, 1.54) is 35.1 Å². The fourth-order valence-corrected chi connectivity index (χ4v) is 3.53. The Morgan fingerprint density at radius 1 is 1.17 bits per heavy atom. The Kier molecular flexibility index (Phi) is 5.52. The van der Waals surface area contributed by atoms with E-state index in [1.807, 2.05) is 0 Å². The summed E-state index contributed by atoms with van der Waals surface area (Å²) >= 11 is 5.66. The lowest BCUT2D eigenvalue weighted by Crippen LogP contribution is -2.38. The SMILES string of the molecule is CCCCc1ccc(NC(=S)N2CCc3ccccc3C2)c(C)c1. The molecule has 2 nitrogen and oxygen atoms in total. The molecule has 1 aliphatic heterocycles. The first-order chi connectivity index (χ1) is 11.7. The van der Waals surface area contributed by atoms with Gasteiger partial charge in [-0.25, -0.2) is 0 Å². The molecule has 0 aliphatic carbocycles. The topological polar surface area (TPSA) is 15.3 Å². The Hall–Kier alpha value is -1.87. The van der Waals surface area contributed by atoms with Gasteiger partial charge in [0.05, 0.1) is 0 Å². The van der Waals surface area contributed by atoms with Crippen LogP contribution in [0, 0.1) is 6.92 Å². The second-order valence-corrected chi connectivity index (χ2v) is 7.01. The van der Waals surface area contributed by atoms with E-state index in [4.69, 9.17) is 12.2 Å². The Labute approximate surface area is 150 Å². The summed E-state index contributed by atoms with van der Waals surface area (Å²) in [5, 5.41) is 4.28. The summed E-state index contributed by atoms with van der Waals surface area (Å²) in [7, 11) is 0. The molecule has 0 atom stereocenters. The molecule has 3 rings (SSSR count). The number of nitrogens with one attached hydrogen (secondary N) is 1. The predicted octanol–water partition coefficient (Wildman–Crippen LogP) is 5.09. The quantitative estimate of drug-likeness (QED) is 0.782. The van der Waals surface area contributed by atoms with Crippen molar-refractivity contribution >= 4 is 23.0 Å². The van der Waals surface area contributed by atoms with Gasteiger partial charge in [0.15, 0.2) is 5.11 Å². The number of hydrogen-bond donors (Lipinski definition) is 1. The number of hydrogen-bond acceptors (Lipinski definition) is 1. The normalized spacial score (nSPS) is 13.5. The Morgan fingerprint density at radius 2 is 1.96 bits per heavy atom. The molecule has 1 heterocycles. The highest BCUT2D eigenvalue weighted by Gasteiger charge is 2.18. The zero-order chi connectivity index (χ0) is 16.9. The van der Waals surface area contributed by atoms with Crippen LogP contribution in [0.1, 0.15) is 42.0 Å². The molecule has 0 unspecified atom stereocenters. The summed E-state index contributed by atoms with van der Waals surface area (Å²) in [5.41, 5.74) is 6.65. The van der Waals surface area contributed by atoms with Crippen molar-refractivity contribution in [1.82, 2.24) is 4.90 Å². The molecule has 24 heavy (non-hydrogen) atoms. The van der Waals surface area contributed by atoms with Crippen LogP contribution < -0.4 is 5.32 Å². The van der Waals surface area contributed by atoms with Crippen LogP contribution in [0.4, 0.5) is 5.69 Å². The number of nitrogens with zero attached hydrogens (tertiary/aromatic N) is 1. The molecule has 0 radical (unpaired) electrons. The molecule has 0 saturated heterocycles. The largest absolute Gasteiger partial charge is 0.344 e. The van der Waals surface area contributed by atoms with Gasteiger partial charge in [0.2, 0.25) is 0 Å². The number of anilines is 1. The first-order valence-corrected chi connectivity index (χ1v) is 9.30. The van der Waals surface area contributed by atoms with Crippen LogP contribution in [0.15, 0.2) is 42.5 Å². The molecule has 0 fully saturated rings. The molecule has 0 spiro atoms. The Balaban J connectivity index is 1.65. The van der Waals surface area contributed by atoms with E-state index >= 15 is 0 Å². The summed E-state index contributed by atoms with van der Waals surface area (Å²) in [6.45, 7) is 6.27. The molecule has 0 aromatic heterocycles. The van der Waals surface area contributed by atoms with Crippen LogP contribution in [0.25, 0.3) is 0 Å². The summed E-state index contributed by atoms with van der Waals surface area (Å²) in [6.07, 6.45) is 4.70. The van der Waals surface area contributed by atoms with E-state index in [2.05, 4.69) is 66.5 Å². The van der Waals surface area contributed by atoms with Crippen molar-refractivity contribution in [3.05, 3.63) is 64.7 Å².